The normalized spacial score (nSPS) is 13.9. The molecule has 2 rings (SSSR count). The zero-order valence-electron chi connectivity index (χ0n) is 18.1. The lowest BCUT2D eigenvalue weighted by molar-refractivity contribution is 0.310. The third-order valence-electron chi connectivity index (χ3n) is 4.81. The van der Waals surface area contributed by atoms with Gasteiger partial charge in [0.05, 0.1) is 18.3 Å². The first-order valence-electron chi connectivity index (χ1n) is 9.57. The number of halogens is 1. The number of thiophene rings is 1. The first kappa shape index (κ1) is 24.9. The van der Waals surface area contributed by atoms with E-state index < -0.39 is 0 Å². The van der Waals surface area contributed by atoms with E-state index >= 15 is 0 Å². The van der Waals surface area contributed by atoms with Gasteiger partial charge in [0.15, 0.2) is 5.96 Å². The smallest absolute Gasteiger partial charge is 0.191 e. The Morgan fingerprint density at radius 2 is 2.07 bits per heavy atom. The number of guanidine groups is 1. The van der Waals surface area contributed by atoms with Crippen LogP contribution in [0.5, 0.6) is 0 Å². The number of nitrogens with one attached hydrogen (secondary N) is 2. The topological polar surface area (TPSA) is 57.5 Å². The first-order chi connectivity index (χ1) is 12.8. The van der Waals surface area contributed by atoms with Gasteiger partial charge in [-0.15, -0.1) is 35.3 Å². The van der Waals surface area contributed by atoms with E-state index in [9.17, 15) is 0 Å². The summed E-state index contributed by atoms with van der Waals surface area (Å²) in [6.45, 7) is 10.1. The van der Waals surface area contributed by atoms with Crippen LogP contribution in [0.3, 0.4) is 0 Å². The highest BCUT2D eigenvalue weighted by atomic mass is 127. The van der Waals surface area contributed by atoms with Crippen molar-refractivity contribution in [3.63, 3.8) is 0 Å². The summed E-state index contributed by atoms with van der Waals surface area (Å²) in [4.78, 5) is 8.43. The average Bonchev–Trinajstić information content (AvgIpc) is 3.20. The molecule has 0 aromatic carbocycles. The molecule has 2 aromatic rings. The fourth-order valence-corrected chi connectivity index (χ4v) is 4.10. The van der Waals surface area contributed by atoms with Crippen molar-refractivity contribution in [3.8, 4) is 0 Å². The van der Waals surface area contributed by atoms with Crippen LogP contribution >= 0.6 is 35.3 Å². The van der Waals surface area contributed by atoms with Gasteiger partial charge >= 0.3 is 0 Å². The molecule has 0 radical (unpaired) electrons. The van der Waals surface area contributed by atoms with Gasteiger partial charge in [-0.25, -0.2) is 0 Å². The second-order valence-corrected chi connectivity index (χ2v) is 8.22. The average molecular weight is 519 g/mol. The minimum atomic E-state index is 0. The quantitative estimate of drug-likeness (QED) is 0.319. The molecule has 2 aromatic heterocycles. The highest BCUT2D eigenvalue weighted by molar-refractivity contribution is 14.0. The summed E-state index contributed by atoms with van der Waals surface area (Å²) in [5, 5.41) is 13.6. The summed E-state index contributed by atoms with van der Waals surface area (Å²) in [6, 6.07) is 4.84. The van der Waals surface area contributed by atoms with Crippen LogP contribution in [0.2, 0.25) is 0 Å². The molecule has 0 saturated carbocycles. The minimum Gasteiger partial charge on any atom is -0.357 e. The van der Waals surface area contributed by atoms with Crippen molar-refractivity contribution in [2.24, 2.45) is 12.0 Å². The third-order valence-corrected chi connectivity index (χ3v) is 5.79. The number of aliphatic imine (C=N–C) groups is 1. The Bertz CT molecular complexity index is 738. The molecule has 2 atom stereocenters. The Balaban J connectivity index is 0.00000392. The van der Waals surface area contributed by atoms with Gasteiger partial charge in [-0.3, -0.25) is 9.67 Å². The van der Waals surface area contributed by atoms with Crippen LogP contribution in [0, 0.1) is 13.8 Å². The maximum atomic E-state index is 4.86. The standard InChI is InChI=1S/C20H34N6S.HI/c1-8-21-20(22-13-18(25(5)6)19-10-9-11-27-19)23-14(2)12-17-15(3)24-26(7)16(17)4;/h9-11,14,18H,8,12-13H2,1-7H3,(H2,21,22,23);1H. The van der Waals surface area contributed by atoms with Gasteiger partial charge in [0.25, 0.3) is 0 Å². The van der Waals surface area contributed by atoms with Crippen LogP contribution in [0.15, 0.2) is 22.5 Å². The molecule has 0 aliphatic heterocycles. The maximum absolute atomic E-state index is 4.86. The largest absolute Gasteiger partial charge is 0.357 e. The molecule has 158 valence electrons. The number of aryl methyl sites for hydroxylation is 2. The Morgan fingerprint density at radius 1 is 1.36 bits per heavy atom. The Morgan fingerprint density at radius 3 is 2.57 bits per heavy atom. The van der Waals surface area contributed by atoms with Crippen molar-refractivity contribution in [1.29, 1.82) is 0 Å². The molecule has 2 N–H and O–H groups in total. The van der Waals surface area contributed by atoms with Crippen LogP contribution in [0.25, 0.3) is 0 Å². The molecule has 0 aliphatic rings. The lowest BCUT2D eigenvalue weighted by Crippen LogP contribution is -2.43. The van der Waals surface area contributed by atoms with E-state index in [2.05, 4.69) is 79.9 Å². The summed E-state index contributed by atoms with van der Waals surface area (Å²) in [6.07, 6.45) is 0.929. The summed E-state index contributed by atoms with van der Waals surface area (Å²) < 4.78 is 1.96. The van der Waals surface area contributed by atoms with Gasteiger partial charge in [0, 0.05) is 30.2 Å². The van der Waals surface area contributed by atoms with Crippen molar-refractivity contribution < 1.29 is 0 Å². The van der Waals surface area contributed by atoms with Gasteiger partial charge in [0.1, 0.15) is 0 Å². The molecule has 28 heavy (non-hydrogen) atoms. The van der Waals surface area contributed by atoms with Crippen molar-refractivity contribution in [2.75, 3.05) is 27.2 Å². The Kier molecular flexibility index (Phi) is 10.5. The summed E-state index contributed by atoms with van der Waals surface area (Å²) >= 11 is 1.78. The summed E-state index contributed by atoms with van der Waals surface area (Å²) in [7, 11) is 6.22. The molecular weight excluding hydrogens is 483 g/mol. The molecule has 0 fully saturated rings. The van der Waals surface area contributed by atoms with E-state index in [4.69, 9.17) is 4.99 Å². The molecule has 8 heteroatoms. The van der Waals surface area contributed by atoms with Gasteiger partial charge in [0.2, 0.25) is 0 Å². The van der Waals surface area contributed by atoms with Gasteiger partial charge in [-0.1, -0.05) is 6.07 Å². The number of rotatable bonds is 8. The van der Waals surface area contributed by atoms with E-state index in [1.807, 2.05) is 11.7 Å². The zero-order chi connectivity index (χ0) is 20.0. The number of aromatic nitrogens is 2. The number of hydrogen-bond donors (Lipinski definition) is 2. The van der Waals surface area contributed by atoms with Gasteiger partial charge < -0.3 is 15.5 Å². The van der Waals surface area contributed by atoms with Crippen LogP contribution in [-0.4, -0.2) is 53.9 Å². The molecule has 0 aliphatic carbocycles. The lowest BCUT2D eigenvalue weighted by atomic mass is 10.1. The Labute approximate surface area is 190 Å². The zero-order valence-corrected chi connectivity index (χ0v) is 21.3. The highest BCUT2D eigenvalue weighted by Crippen LogP contribution is 2.23. The van der Waals surface area contributed by atoms with Crippen LogP contribution in [-0.2, 0) is 13.5 Å². The second kappa shape index (κ2) is 11.8. The molecular formula is C20H35IN6S. The maximum Gasteiger partial charge on any atom is 0.191 e. The summed E-state index contributed by atoms with van der Waals surface area (Å²) in [5.74, 6) is 0.868. The molecule has 0 spiro atoms. The molecule has 0 bridgehead atoms. The van der Waals surface area contributed by atoms with E-state index in [1.54, 1.807) is 11.3 Å². The van der Waals surface area contributed by atoms with Crippen LogP contribution < -0.4 is 10.6 Å². The molecule has 0 saturated heterocycles. The monoisotopic (exact) mass is 518 g/mol. The number of likely N-dealkylation sites (N-methyl/N-ethyl adjacent to an activating group) is 1. The predicted octanol–water partition coefficient (Wildman–Crippen LogP) is 3.51. The third kappa shape index (κ3) is 6.73. The predicted molar refractivity (Wildman–Crippen MR) is 131 cm³/mol. The number of nitrogens with zero attached hydrogens (tertiary/aromatic N) is 4. The van der Waals surface area contributed by atoms with Crippen LogP contribution in [0.4, 0.5) is 0 Å². The van der Waals surface area contributed by atoms with E-state index in [0.717, 1.165) is 31.2 Å². The Hall–Kier alpha value is -1.13. The second-order valence-electron chi connectivity index (χ2n) is 7.24. The molecule has 0 amide bonds. The molecule has 2 unspecified atom stereocenters. The lowest BCUT2D eigenvalue weighted by Gasteiger charge is -2.23. The first-order valence-corrected chi connectivity index (χ1v) is 10.4. The van der Waals surface area contributed by atoms with Crippen molar-refractivity contribution >= 4 is 41.3 Å². The van der Waals surface area contributed by atoms with Crippen LogP contribution in [0.1, 0.15) is 41.7 Å². The van der Waals surface area contributed by atoms with Crippen molar-refractivity contribution in [3.05, 3.63) is 39.3 Å². The van der Waals surface area contributed by atoms with E-state index in [1.165, 1.54) is 16.1 Å². The highest BCUT2D eigenvalue weighted by Gasteiger charge is 2.17. The summed E-state index contributed by atoms with van der Waals surface area (Å²) in [5.41, 5.74) is 3.66. The molecule has 6 nitrogen and oxygen atoms in total. The molecule has 2 heterocycles. The fraction of sp³-hybridized carbons (Fsp3) is 0.600. The van der Waals surface area contributed by atoms with Crippen molar-refractivity contribution in [2.45, 2.75) is 46.2 Å². The van der Waals surface area contributed by atoms with E-state index in [0.29, 0.717) is 6.04 Å². The van der Waals surface area contributed by atoms with Gasteiger partial charge in [-0.2, -0.15) is 5.10 Å². The number of hydrogen-bond acceptors (Lipinski definition) is 4. The SMILES string of the molecule is CCNC(=NCC(c1cccs1)N(C)C)NC(C)Cc1c(C)nn(C)c1C.I. The van der Waals surface area contributed by atoms with Crippen molar-refractivity contribution in [1.82, 2.24) is 25.3 Å². The van der Waals surface area contributed by atoms with Gasteiger partial charge in [-0.05, 0) is 65.2 Å². The minimum absolute atomic E-state index is 0. The fourth-order valence-electron chi connectivity index (χ4n) is 3.19. The van der Waals surface area contributed by atoms with E-state index in [-0.39, 0.29) is 30.0 Å².